The van der Waals surface area contributed by atoms with Gasteiger partial charge in [0.15, 0.2) is 5.96 Å². The fraction of sp³-hybridized carbons (Fsp3) is 0.400. The second-order valence-electron chi connectivity index (χ2n) is 16.4. The summed E-state index contributed by atoms with van der Waals surface area (Å²) in [5.41, 5.74) is 18.5. The number of benzene rings is 3. The summed E-state index contributed by atoms with van der Waals surface area (Å²) < 4.78 is 0. The zero-order chi connectivity index (χ0) is 46.5. The number of guanidine groups is 1. The molecule has 1 fully saturated rings. The predicted molar refractivity (Wildman–Crippen MR) is 245 cm³/mol. The number of H-pyrrole nitrogens is 1. The van der Waals surface area contributed by atoms with Gasteiger partial charge in [-0.25, -0.2) is 0 Å². The highest BCUT2D eigenvalue weighted by Crippen LogP contribution is 2.30. The molecule has 65 heavy (non-hydrogen) atoms. The van der Waals surface area contributed by atoms with Crippen molar-refractivity contribution in [2.45, 2.75) is 99.3 Å². The number of thioether (sulfide) groups is 1. The summed E-state index contributed by atoms with van der Waals surface area (Å²) in [6.07, 6.45) is 6.61. The number of aliphatic imine (C=N–C) groups is 1. The summed E-state index contributed by atoms with van der Waals surface area (Å²) in [6.45, 7) is 0.109. The SMILES string of the molecule is NC(=O)[C@@H]1CSc2ccc([N+](=O)[O-])cc2C(=O)N[C@@H](CC2CCCCC2)C(=O)N[C@H](Cc2ccccc2)C(=O)N[C@@H](CCCN=C(N)N)C(=O)N[C@@H](Cc2c[nH]c3ccccc23)C(=O)N1. The van der Waals surface area contributed by atoms with Crippen LogP contribution in [0.1, 0.15) is 72.9 Å². The van der Waals surface area contributed by atoms with Crippen molar-refractivity contribution in [2.24, 2.45) is 28.1 Å². The number of aromatic amines is 1. The Hall–Kier alpha value is -6.96. The van der Waals surface area contributed by atoms with Crippen LogP contribution in [0.15, 0.2) is 88.9 Å². The Bertz CT molecular complexity index is 2400. The lowest BCUT2D eigenvalue weighted by Crippen LogP contribution is -2.60. The molecule has 6 amide bonds. The molecule has 19 nitrogen and oxygen atoms in total. The van der Waals surface area contributed by atoms with Crippen LogP contribution in [0.3, 0.4) is 0 Å². The molecule has 2 heterocycles. The Morgan fingerprint density at radius 3 is 2.11 bits per heavy atom. The molecule has 0 saturated heterocycles. The molecule has 6 rings (SSSR count). The van der Waals surface area contributed by atoms with Crippen LogP contribution >= 0.6 is 11.8 Å². The topological polar surface area (TPSA) is 312 Å². The molecule has 1 aromatic heterocycles. The minimum Gasteiger partial charge on any atom is -0.370 e. The van der Waals surface area contributed by atoms with Gasteiger partial charge in [0.2, 0.25) is 29.5 Å². The molecule has 12 N–H and O–H groups in total. The lowest BCUT2D eigenvalue weighted by atomic mass is 9.84. The molecule has 0 unspecified atom stereocenters. The van der Waals surface area contributed by atoms with Gasteiger partial charge >= 0.3 is 0 Å². The number of nitrogens with two attached hydrogens (primary N) is 3. The number of fused-ring (bicyclic) bond motifs is 2. The van der Waals surface area contributed by atoms with Crippen molar-refractivity contribution in [2.75, 3.05) is 12.3 Å². The molecule has 1 saturated carbocycles. The van der Waals surface area contributed by atoms with Crippen molar-refractivity contribution < 1.29 is 33.7 Å². The third kappa shape index (κ3) is 13.3. The Balaban J connectivity index is 1.42. The maximum absolute atomic E-state index is 14.5. The summed E-state index contributed by atoms with van der Waals surface area (Å²) >= 11 is 0.944. The van der Waals surface area contributed by atoms with Crippen LogP contribution in [-0.4, -0.2) is 93.8 Å². The van der Waals surface area contributed by atoms with Gasteiger partial charge in [0.25, 0.3) is 11.6 Å². The van der Waals surface area contributed by atoms with Crippen LogP contribution < -0.4 is 43.8 Å². The summed E-state index contributed by atoms with van der Waals surface area (Å²) in [5.74, 6) is -4.99. The molecule has 0 spiro atoms. The van der Waals surface area contributed by atoms with E-state index in [2.05, 4.69) is 36.6 Å². The lowest BCUT2D eigenvalue weighted by Gasteiger charge is -2.29. The van der Waals surface area contributed by atoms with E-state index in [1.54, 1.807) is 36.5 Å². The van der Waals surface area contributed by atoms with Gasteiger partial charge in [-0.05, 0) is 48.4 Å². The standard InChI is InChI=1S/C45H55N11O8S/c46-39(57)37-25-65-38-18-17-29(56(63)64)23-31(38)40(58)52-34(20-26-10-3-1-4-11-26)43(61)53-35(21-27-12-5-2-6-13-27)42(60)51-33(16-9-19-49-45(47)48)41(59)54-36(44(62)55-37)22-28-24-50-32-15-8-7-14-30(28)32/h2,5-8,12-15,17-18,23-24,26,33-37,50H,1,3-4,9-11,16,19-22,25H2,(H2,46,57)(H,51,60)(H,52,58)(H,53,61)(H,54,59)(H,55,62)(H4,47,48,49)/t33-,34-,35+,36-,37-/m0/s1. The van der Waals surface area contributed by atoms with Gasteiger partial charge in [-0.1, -0.05) is 80.6 Å². The van der Waals surface area contributed by atoms with Crippen LogP contribution in [0.4, 0.5) is 5.69 Å². The molecule has 344 valence electrons. The number of hydrogen-bond acceptors (Lipinski definition) is 10. The highest BCUT2D eigenvalue weighted by Gasteiger charge is 2.35. The van der Waals surface area contributed by atoms with E-state index in [1.165, 1.54) is 12.1 Å². The zero-order valence-electron chi connectivity index (χ0n) is 35.8. The number of carbonyl (C=O) groups excluding carboxylic acids is 6. The monoisotopic (exact) mass is 909 g/mol. The van der Waals surface area contributed by atoms with E-state index in [9.17, 15) is 38.9 Å². The normalized spacial score (nSPS) is 21.8. The number of carbonyl (C=O) groups is 6. The number of nitro groups is 1. The largest absolute Gasteiger partial charge is 0.370 e. The van der Waals surface area contributed by atoms with Crippen LogP contribution in [0.25, 0.3) is 10.9 Å². The fourth-order valence-corrected chi connectivity index (χ4v) is 9.24. The van der Waals surface area contributed by atoms with Crippen LogP contribution in [0, 0.1) is 16.0 Å². The average Bonchev–Trinajstić information content (AvgIpc) is 3.70. The van der Waals surface area contributed by atoms with E-state index in [0.717, 1.165) is 60.8 Å². The summed E-state index contributed by atoms with van der Waals surface area (Å²) in [6, 6.07) is 13.5. The van der Waals surface area contributed by atoms with E-state index in [1.807, 2.05) is 24.3 Å². The van der Waals surface area contributed by atoms with E-state index < -0.39 is 76.3 Å². The van der Waals surface area contributed by atoms with E-state index in [-0.39, 0.29) is 66.7 Å². The highest BCUT2D eigenvalue weighted by atomic mass is 32.2. The van der Waals surface area contributed by atoms with E-state index in [0.29, 0.717) is 11.1 Å². The van der Waals surface area contributed by atoms with Gasteiger partial charge in [0.05, 0.1) is 10.5 Å². The number of primary amides is 1. The molecule has 1 aliphatic carbocycles. The number of nitro benzene ring substituents is 1. The number of aromatic nitrogens is 1. The van der Waals surface area contributed by atoms with Crippen molar-refractivity contribution in [3.05, 3.63) is 106 Å². The number of non-ortho nitro benzene ring substituents is 1. The first kappa shape index (κ1) is 47.5. The van der Waals surface area contributed by atoms with Crippen molar-refractivity contribution >= 4 is 69.8 Å². The number of nitrogens with zero attached hydrogens (tertiary/aromatic N) is 2. The molecule has 5 atom stereocenters. The van der Waals surface area contributed by atoms with Gasteiger partial charge in [0.1, 0.15) is 30.2 Å². The first-order valence-corrected chi connectivity index (χ1v) is 22.6. The average molecular weight is 910 g/mol. The smallest absolute Gasteiger partial charge is 0.270 e. The minimum atomic E-state index is -1.36. The Morgan fingerprint density at radius 1 is 0.754 bits per heavy atom. The Labute approximate surface area is 379 Å². The number of rotatable bonds is 12. The van der Waals surface area contributed by atoms with Gasteiger partial charge < -0.3 is 48.8 Å². The van der Waals surface area contributed by atoms with E-state index in [4.69, 9.17) is 17.2 Å². The van der Waals surface area contributed by atoms with Crippen molar-refractivity contribution in [1.29, 1.82) is 0 Å². The van der Waals surface area contributed by atoms with Crippen LogP contribution in [0.2, 0.25) is 0 Å². The molecule has 2 aliphatic rings. The van der Waals surface area contributed by atoms with Crippen LogP contribution in [-0.2, 0) is 36.8 Å². The maximum Gasteiger partial charge on any atom is 0.270 e. The first-order chi connectivity index (χ1) is 31.2. The van der Waals surface area contributed by atoms with Gasteiger partial charge in [0, 0.05) is 59.3 Å². The third-order valence-electron chi connectivity index (χ3n) is 11.6. The number of amides is 6. The molecular weight excluding hydrogens is 855 g/mol. The predicted octanol–water partition coefficient (Wildman–Crippen LogP) is 2.21. The molecule has 4 aromatic rings. The molecule has 0 bridgehead atoms. The van der Waals surface area contributed by atoms with Gasteiger partial charge in [-0.2, -0.15) is 0 Å². The molecule has 20 heteroatoms. The minimum absolute atomic E-state index is 0.00336. The van der Waals surface area contributed by atoms with Gasteiger partial charge in [-0.15, -0.1) is 11.8 Å². The molecular formula is C45H55N11O8S. The summed E-state index contributed by atoms with van der Waals surface area (Å²) in [4.78, 5) is 104. The zero-order valence-corrected chi connectivity index (χ0v) is 36.6. The quantitative estimate of drug-likeness (QED) is 0.0326. The highest BCUT2D eigenvalue weighted by molar-refractivity contribution is 7.99. The Morgan fingerprint density at radius 2 is 1.40 bits per heavy atom. The molecule has 3 aromatic carbocycles. The summed E-state index contributed by atoms with van der Waals surface area (Å²) in [7, 11) is 0. The summed E-state index contributed by atoms with van der Waals surface area (Å²) in [5, 5.41) is 26.7. The molecule has 0 radical (unpaired) electrons. The van der Waals surface area contributed by atoms with Crippen molar-refractivity contribution in [3.63, 3.8) is 0 Å². The Kier molecular flexibility index (Phi) is 16.5. The van der Waals surface area contributed by atoms with Crippen LogP contribution in [0.5, 0.6) is 0 Å². The van der Waals surface area contributed by atoms with E-state index >= 15 is 0 Å². The third-order valence-corrected chi connectivity index (χ3v) is 12.8. The number of para-hydroxylation sites is 1. The maximum atomic E-state index is 14.5. The number of hydrogen-bond donors (Lipinski definition) is 9. The molecule has 1 aliphatic heterocycles. The van der Waals surface area contributed by atoms with Crippen molar-refractivity contribution in [1.82, 2.24) is 31.6 Å². The first-order valence-electron chi connectivity index (χ1n) is 21.6. The fourth-order valence-electron chi connectivity index (χ4n) is 8.18. The second kappa shape index (κ2) is 22.6. The van der Waals surface area contributed by atoms with Crippen molar-refractivity contribution in [3.8, 4) is 0 Å². The number of nitrogens with one attached hydrogen (secondary N) is 6. The second-order valence-corrected chi connectivity index (χ2v) is 17.4. The van der Waals surface area contributed by atoms with Gasteiger partial charge in [-0.3, -0.25) is 43.9 Å². The lowest BCUT2D eigenvalue weighted by molar-refractivity contribution is -0.384.